The first kappa shape index (κ1) is 20.3. The van der Waals surface area contributed by atoms with E-state index in [2.05, 4.69) is 49.2 Å². The molecule has 5 heterocycles. The highest BCUT2D eigenvalue weighted by molar-refractivity contribution is 7.20. The van der Waals surface area contributed by atoms with Gasteiger partial charge in [-0.3, -0.25) is 14.2 Å². The number of anilines is 3. The topological polar surface area (TPSA) is 84.2 Å². The van der Waals surface area contributed by atoms with E-state index in [0.717, 1.165) is 37.7 Å². The molecule has 0 saturated carbocycles. The van der Waals surface area contributed by atoms with E-state index in [-0.39, 0.29) is 5.91 Å². The number of hydrogen-bond donors (Lipinski definition) is 2. The zero-order valence-electron chi connectivity index (χ0n) is 17.7. The fourth-order valence-corrected chi connectivity index (χ4v) is 5.23. The molecule has 0 aliphatic carbocycles. The van der Waals surface area contributed by atoms with E-state index in [4.69, 9.17) is 0 Å². The lowest BCUT2D eigenvalue weighted by Crippen LogP contribution is -2.11. The summed E-state index contributed by atoms with van der Waals surface area (Å²) in [6, 6.07) is 11.4. The third kappa shape index (κ3) is 3.88. The molecule has 0 aromatic carbocycles. The summed E-state index contributed by atoms with van der Waals surface area (Å²) in [4.78, 5) is 27.6. The zero-order chi connectivity index (χ0) is 22.2. The summed E-state index contributed by atoms with van der Waals surface area (Å²) < 4.78 is 2.11. The number of carbonyl (C=O) groups is 1. The maximum Gasteiger partial charge on any atom is 0.265 e. The molecule has 0 atom stereocenters. The van der Waals surface area contributed by atoms with Crippen LogP contribution in [0.1, 0.15) is 26.6 Å². The number of aromatic nitrogens is 4. The third-order valence-electron chi connectivity index (χ3n) is 4.99. The average molecular weight is 461 g/mol. The largest absolute Gasteiger partial charge is 0.323 e. The molecule has 32 heavy (non-hydrogen) atoms. The van der Waals surface area contributed by atoms with Gasteiger partial charge in [0, 0.05) is 18.6 Å². The normalized spacial score (nSPS) is 11.1. The summed E-state index contributed by atoms with van der Waals surface area (Å²) in [5, 5.41) is 7.85. The third-order valence-corrected chi connectivity index (χ3v) is 6.91. The van der Waals surface area contributed by atoms with Crippen molar-refractivity contribution < 1.29 is 4.79 Å². The number of fused-ring (bicyclic) bond motifs is 1. The van der Waals surface area contributed by atoms with Crippen LogP contribution in [0.5, 0.6) is 0 Å². The van der Waals surface area contributed by atoms with Crippen LogP contribution >= 0.6 is 22.7 Å². The summed E-state index contributed by atoms with van der Waals surface area (Å²) in [6.45, 7) is 5.95. The lowest BCUT2D eigenvalue weighted by molar-refractivity contribution is 0.103. The van der Waals surface area contributed by atoms with Gasteiger partial charge >= 0.3 is 0 Å². The van der Waals surface area contributed by atoms with Gasteiger partial charge in [-0.2, -0.15) is 0 Å². The summed E-state index contributed by atoms with van der Waals surface area (Å²) in [5.74, 6) is -0.157. The van der Waals surface area contributed by atoms with Crippen molar-refractivity contribution in [1.29, 1.82) is 0 Å². The molecule has 0 fully saturated rings. The maximum absolute atomic E-state index is 12.6. The summed E-state index contributed by atoms with van der Waals surface area (Å²) in [5.41, 5.74) is 5.60. The maximum atomic E-state index is 12.6. The SMILES string of the molecule is Cc1ccc2nc(C)c(-c3cnc(Nc4ccc(C(=O)Nc5cccnc5C)s4)s3)n2c1. The molecule has 0 spiro atoms. The Kier molecular flexibility index (Phi) is 5.20. The first-order chi connectivity index (χ1) is 15.5. The van der Waals surface area contributed by atoms with Crippen LogP contribution in [0, 0.1) is 20.8 Å². The zero-order valence-corrected chi connectivity index (χ0v) is 19.3. The van der Waals surface area contributed by atoms with Gasteiger partial charge in [0.15, 0.2) is 5.13 Å². The molecule has 5 aromatic rings. The summed E-state index contributed by atoms with van der Waals surface area (Å²) in [7, 11) is 0. The van der Waals surface area contributed by atoms with E-state index < -0.39 is 0 Å². The minimum absolute atomic E-state index is 0.157. The van der Waals surface area contributed by atoms with E-state index in [9.17, 15) is 4.79 Å². The molecule has 0 aliphatic rings. The first-order valence-corrected chi connectivity index (χ1v) is 11.6. The van der Waals surface area contributed by atoms with Gasteiger partial charge < -0.3 is 10.6 Å². The van der Waals surface area contributed by atoms with E-state index in [1.807, 2.05) is 38.2 Å². The Balaban J connectivity index is 1.34. The highest BCUT2D eigenvalue weighted by atomic mass is 32.1. The Labute approximate surface area is 192 Å². The van der Waals surface area contributed by atoms with E-state index in [1.165, 1.54) is 16.9 Å². The van der Waals surface area contributed by atoms with Gasteiger partial charge in [0.2, 0.25) is 0 Å². The number of carbonyl (C=O) groups excluding carboxylic acids is 1. The number of imidazole rings is 1. The van der Waals surface area contributed by atoms with Crippen LogP contribution in [0.15, 0.2) is 55.0 Å². The minimum atomic E-state index is -0.157. The van der Waals surface area contributed by atoms with Crippen molar-refractivity contribution in [1.82, 2.24) is 19.4 Å². The van der Waals surface area contributed by atoms with Crippen molar-refractivity contribution in [3.05, 3.63) is 76.8 Å². The lowest BCUT2D eigenvalue weighted by Gasteiger charge is -2.05. The van der Waals surface area contributed by atoms with Crippen LogP contribution in [-0.2, 0) is 0 Å². The van der Waals surface area contributed by atoms with Crippen molar-refractivity contribution >= 4 is 50.0 Å². The molecule has 1 amide bonds. The van der Waals surface area contributed by atoms with Gasteiger partial charge in [0.05, 0.1) is 37.5 Å². The molecule has 0 radical (unpaired) electrons. The lowest BCUT2D eigenvalue weighted by atomic mass is 10.3. The summed E-state index contributed by atoms with van der Waals surface area (Å²) >= 11 is 2.94. The van der Waals surface area contributed by atoms with Crippen molar-refractivity contribution in [3.8, 4) is 10.6 Å². The molecule has 5 rings (SSSR count). The molecule has 7 nitrogen and oxygen atoms in total. The van der Waals surface area contributed by atoms with Gasteiger partial charge in [-0.05, 0) is 56.7 Å². The highest BCUT2D eigenvalue weighted by Gasteiger charge is 2.16. The van der Waals surface area contributed by atoms with Crippen molar-refractivity contribution in [2.24, 2.45) is 0 Å². The van der Waals surface area contributed by atoms with Crippen LogP contribution in [-0.4, -0.2) is 25.3 Å². The number of thiophene rings is 1. The fourth-order valence-electron chi connectivity index (χ4n) is 3.44. The smallest absolute Gasteiger partial charge is 0.265 e. The molecule has 5 aromatic heterocycles. The Bertz CT molecular complexity index is 1450. The van der Waals surface area contributed by atoms with Gasteiger partial charge in [0.25, 0.3) is 5.91 Å². The highest BCUT2D eigenvalue weighted by Crippen LogP contribution is 2.35. The number of amides is 1. The van der Waals surface area contributed by atoms with Gasteiger partial charge in [-0.1, -0.05) is 17.4 Å². The quantitative estimate of drug-likeness (QED) is 0.344. The Morgan fingerprint density at radius 3 is 2.72 bits per heavy atom. The predicted octanol–water partition coefficient (Wildman–Crippen LogP) is 5.84. The van der Waals surface area contributed by atoms with Crippen LogP contribution in [0.25, 0.3) is 16.2 Å². The summed E-state index contributed by atoms with van der Waals surface area (Å²) in [6.07, 6.45) is 5.65. The molecule has 0 aliphatic heterocycles. The first-order valence-electron chi connectivity index (χ1n) is 9.99. The van der Waals surface area contributed by atoms with Gasteiger partial charge in [-0.15, -0.1) is 11.3 Å². The van der Waals surface area contributed by atoms with Crippen LogP contribution in [0.2, 0.25) is 0 Å². The Morgan fingerprint density at radius 1 is 1.00 bits per heavy atom. The second kappa shape index (κ2) is 8.18. The van der Waals surface area contributed by atoms with E-state index >= 15 is 0 Å². The predicted molar refractivity (Wildman–Crippen MR) is 130 cm³/mol. The van der Waals surface area contributed by atoms with E-state index in [1.54, 1.807) is 29.7 Å². The number of nitrogens with one attached hydrogen (secondary N) is 2. The molecular weight excluding hydrogens is 440 g/mol. The van der Waals surface area contributed by atoms with Crippen LogP contribution < -0.4 is 10.6 Å². The second-order valence-corrected chi connectivity index (χ2v) is 9.50. The van der Waals surface area contributed by atoms with Crippen molar-refractivity contribution in [2.45, 2.75) is 20.8 Å². The van der Waals surface area contributed by atoms with Crippen LogP contribution in [0.4, 0.5) is 15.8 Å². The van der Waals surface area contributed by atoms with Crippen molar-refractivity contribution in [3.63, 3.8) is 0 Å². The number of rotatable bonds is 5. The fraction of sp³-hybridized carbons (Fsp3) is 0.130. The van der Waals surface area contributed by atoms with E-state index in [0.29, 0.717) is 10.6 Å². The number of thiazole rings is 1. The molecule has 0 saturated heterocycles. The number of nitrogens with zero attached hydrogens (tertiary/aromatic N) is 4. The molecule has 160 valence electrons. The molecular formula is C23H20N6OS2. The Morgan fingerprint density at radius 2 is 1.88 bits per heavy atom. The number of pyridine rings is 2. The standard InChI is InChI=1S/C23H20N6OS2/c1-13-6-8-19-26-15(3)21(29(19)12-13)18-11-25-23(32-18)28-20-9-7-17(31-20)22(30)27-16-5-4-10-24-14(16)2/h4-12H,1-3H3,(H,25,28)(H,27,30). The molecule has 2 N–H and O–H groups in total. The average Bonchev–Trinajstić information content (AvgIpc) is 3.48. The van der Waals surface area contributed by atoms with Crippen molar-refractivity contribution in [2.75, 3.05) is 10.6 Å². The molecule has 0 unspecified atom stereocenters. The molecule has 9 heteroatoms. The number of hydrogen-bond acceptors (Lipinski definition) is 7. The monoisotopic (exact) mass is 460 g/mol. The van der Waals surface area contributed by atoms with Gasteiger partial charge in [0.1, 0.15) is 5.65 Å². The minimum Gasteiger partial charge on any atom is -0.323 e. The van der Waals surface area contributed by atoms with Gasteiger partial charge in [-0.25, -0.2) is 9.97 Å². The molecule has 0 bridgehead atoms. The van der Waals surface area contributed by atoms with Crippen LogP contribution in [0.3, 0.4) is 0 Å². The Hall–Kier alpha value is -3.56. The number of aryl methyl sites for hydroxylation is 3. The second-order valence-electron chi connectivity index (χ2n) is 7.39.